The first kappa shape index (κ1) is 17.9. The summed E-state index contributed by atoms with van der Waals surface area (Å²) in [5.41, 5.74) is 1.47. The van der Waals surface area contributed by atoms with Gasteiger partial charge in [-0.1, -0.05) is 31.2 Å². The van der Waals surface area contributed by atoms with Gasteiger partial charge in [0.05, 0.1) is 12.0 Å². The molecule has 0 aromatic rings. The number of esters is 2. The van der Waals surface area contributed by atoms with Crippen LogP contribution in [0.25, 0.3) is 0 Å². The summed E-state index contributed by atoms with van der Waals surface area (Å²) >= 11 is 0. The van der Waals surface area contributed by atoms with Gasteiger partial charge in [-0.15, -0.1) is 0 Å². The van der Waals surface area contributed by atoms with Crippen LogP contribution in [0.15, 0.2) is 35.5 Å². The smallest absolute Gasteiger partial charge is 0.334 e. The van der Waals surface area contributed by atoms with Crippen molar-refractivity contribution in [3.63, 3.8) is 0 Å². The molecule has 1 N–H and O–H groups in total. The van der Waals surface area contributed by atoms with Gasteiger partial charge < -0.3 is 14.6 Å². The number of ether oxygens (including phenoxy) is 2. The highest BCUT2D eigenvalue weighted by molar-refractivity contribution is 5.92. The van der Waals surface area contributed by atoms with Crippen LogP contribution in [-0.4, -0.2) is 35.4 Å². The van der Waals surface area contributed by atoms with Crippen molar-refractivity contribution in [2.24, 2.45) is 17.3 Å². The Morgan fingerprint density at radius 3 is 2.84 bits per heavy atom. The molecule has 1 saturated carbocycles. The van der Waals surface area contributed by atoms with Crippen LogP contribution in [0.4, 0.5) is 0 Å². The zero-order chi connectivity index (χ0) is 18.5. The summed E-state index contributed by atoms with van der Waals surface area (Å²) in [5, 5.41) is 10.7. The van der Waals surface area contributed by atoms with E-state index in [-0.39, 0.29) is 11.8 Å². The van der Waals surface area contributed by atoms with E-state index in [4.69, 9.17) is 9.47 Å². The maximum atomic E-state index is 12.3. The highest BCUT2D eigenvalue weighted by Gasteiger charge is 2.61. The van der Waals surface area contributed by atoms with Crippen LogP contribution in [0.5, 0.6) is 0 Å². The van der Waals surface area contributed by atoms with Gasteiger partial charge in [0, 0.05) is 22.5 Å². The predicted molar refractivity (Wildman–Crippen MR) is 92.4 cm³/mol. The maximum absolute atomic E-state index is 12.3. The summed E-state index contributed by atoms with van der Waals surface area (Å²) in [4.78, 5) is 24.5. The standard InChI is InChI=1S/C20H26O5/c1-6-10(2)18(22)24-13-9-20(5)14(21)8-7-11(3)16(20)17-15(13)12(4)19(23)25-17/h6-7,13-17,21H,4,8-9H2,1-3,5H3/b10-6-/t13-,14-,15-,16-,17+,20+/m1/s1. The molecule has 1 aliphatic heterocycles. The first-order chi connectivity index (χ1) is 11.7. The van der Waals surface area contributed by atoms with Gasteiger partial charge in [0.2, 0.25) is 0 Å². The number of carbonyl (C=O) groups excluding carboxylic acids is 2. The Labute approximate surface area is 148 Å². The van der Waals surface area contributed by atoms with Crippen molar-refractivity contribution in [2.45, 2.75) is 58.8 Å². The Balaban J connectivity index is 2.00. The fourth-order valence-corrected chi connectivity index (χ4v) is 4.66. The molecular weight excluding hydrogens is 320 g/mol. The van der Waals surface area contributed by atoms with E-state index in [9.17, 15) is 14.7 Å². The Bertz CT molecular complexity index is 688. The van der Waals surface area contributed by atoms with E-state index in [1.165, 1.54) is 0 Å². The van der Waals surface area contributed by atoms with Gasteiger partial charge in [-0.25, -0.2) is 9.59 Å². The van der Waals surface area contributed by atoms with Gasteiger partial charge >= 0.3 is 11.9 Å². The minimum Gasteiger partial charge on any atom is -0.458 e. The fourth-order valence-electron chi connectivity index (χ4n) is 4.66. The van der Waals surface area contributed by atoms with Crippen molar-refractivity contribution >= 4 is 11.9 Å². The molecule has 0 radical (unpaired) electrons. The second kappa shape index (κ2) is 6.13. The van der Waals surface area contributed by atoms with E-state index in [1.807, 2.05) is 19.9 Å². The van der Waals surface area contributed by atoms with E-state index in [1.54, 1.807) is 19.9 Å². The summed E-state index contributed by atoms with van der Waals surface area (Å²) in [6.45, 7) is 11.4. The van der Waals surface area contributed by atoms with Crippen LogP contribution in [0.3, 0.4) is 0 Å². The van der Waals surface area contributed by atoms with Crippen molar-refractivity contribution < 1.29 is 24.2 Å². The van der Waals surface area contributed by atoms with Crippen LogP contribution in [0, 0.1) is 17.3 Å². The minimum atomic E-state index is -0.571. The molecule has 136 valence electrons. The third-order valence-electron chi connectivity index (χ3n) is 6.27. The summed E-state index contributed by atoms with van der Waals surface area (Å²) in [6, 6.07) is 0. The van der Waals surface area contributed by atoms with Crippen LogP contribution >= 0.6 is 0 Å². The van der Waals surface area contributed by atoms with Crippen molar-refractivity contribution in [1.82, 2.24) is 0 Å². The molecule has 5 heteroatoms. The number of allylic oxidation sites excluding steroid dienone is 1. The topological polar surface area (TPSA) is 72.8 Å². The van der Waals surface area contributed by atoms with Gasteiger partial charge in [0.25, 0.3) is 0 Å². The molecule has 2 fully saturated rings. The van der Waals surface area contributed by atoms with Crippen molar-refractivity contribution in [3.8, 4) is 0 Å². The normalized spacial score (nSPS) is 40.8. The van der Waals surface area contributed by atoms with Crippen molar-refractivity contribution in [3.05, 3.63) is 35.5 Å². The summed E-state index contributed by atoms with van der Waals surface area (Å²) in [6.07, 6.45) is 3.18. The van der Waals surface area contributed by atoms with E-state index < -0.39 is 35.7 Å². The lowest BCUT2D eigenvalue weighted by Gasteiger charge is -2.53. The van der Waals surface area contributed by atoms with Crippen molar-refractivity contribution in [2.75, 3.05) is 0 Å². The SMILES string of the molecule is C=C1C(=O)O[C@H]2[C@H]1[C@H](OC(=O)/C(C)=C\C)C[C@@]1(C)[C@H](O)CC=C(C)[C@H]21. The quantitative estimate of drug-likeness (QED) is 0.473. The first-order valence-electron chi connectivity index (χ1n) is 8.79. The van der Waals surface area contributed by atoms with Crippen LogP contribution in [0.1, 0.15) is 40.5 Å². The van der Waals surface area contributed by atoms with Crippen LogP contribution in [-0.2, 0) is 19.1 Å². The van der Waals surface area contributed by atoms with Gasteiger partial charge in [0.1, 0.15) is 12.2 Å². The lowest BCUT2D eigenvalue weighted by atomic mass is 9.54. The number of rotatable bonds is 2. The average molecular weight is 346 g/mol. The zero-order valence-corrected chi connectivity index (χ0v) is 15.2. The second-order valence-corrected chi connectivity index (χ2v) is 7.72. The molecular formula is C20H26O5. The Kier molecular flexibility index (Phi) is 4.40. The van der Waals surface area contributed by atoms with E-state index >= 15 is 0 Å². The number of hydrogen-bond donors (Lipinski definition) is 1. The maximum Gasteiger partial charge on any atom is 0.334 e. The molecule has 3 rings (SSSR count). The predicted octanol–water partition coefficient (Wildman–Crippen LogP) is 2.70. The largest absolute Gasteiger partial charge is 0.458 e. The Morgan fingerprint density at radius 1 is 1.52 bits per heavy atom. The van der Waals surface area contributed by atoms with Crippen LogP contribution < -0.4 is 0 Å². The first-order valence-corrected chi connectivity index (χ1v) is 8.79. The molecule has 5 nitrogen and oxygen atoms in total. The lowest BCUT2D eigenvalue weighted by Crippen LogP contribution is -2.57. The average Bonchev–Trinajstić information content (AvgIpc) is 2.85. The molecule has 0 unspecified atom stereocenters. The Hall–Kier alpha value is -1.88. The molecule has 25 heavy (non-hydrogen) atoms. The van der Waals surface area contributed by atoms with Gasteiger partial charge in [-0.05, 0) is 33.6 Å². The van der Waals surface area contributed by atoms with Gasteiger partial charge in [-0.3, -0.25) is 0 Å². The molecule has 0 aromatic carbocycles. The summed E-state index contributed by atoms with van der Waals surface area (Å²) in [5.74, 6) is -1.30. The summed E-state index contributed by atoms with van der Waals surface area (Å²) < 4.78 is 11.4. The molecule has 1 heterocycles. The fraction of sp³-hybridized carbons (Fsp3) is 0.600. The number of fused-ring (bicyclic) bond motifs is 3. The van der Waals surface area contributed by atoms with E-state index in [0.29, 0.717) is 24.0 Å². The minimum absolute atomic E-state index is 0.0952. The summed E-state index contributed by atoms with van der Waals surface area (Å²) in [7, 11) is 0. The number of aliphatic hydroxyl groups is 1. The molecule has 2 aliphatic carbocycles. The highest BCUT2D eigenvalue weighted by Crippen LogP contribution is 2.56. The third-order valence-corrected chi connectivity index (χ3v) is 6.27. The Morgan fingerprint density at radius 2 is 2.20 bits per heavy atom. The van der Waals surface area contributed by atoms with Crippen LogP contribution in [0.2, 0.25) is 0 Å². The molecule has 0 spiro atoms. The number of aliphatic hydroxyl groups excluding tert-OH is 1. The monoisotopic (exact) mass is 346 g/mol. The molecule has 6 atom stereocenters. The van der Waals surface area contributed by atoms with E-state index in [2.05, 4.69) is 6.58 Å². The highest BCUT2D eigenvalue weighted by atomic mass is 16.6. The van der Waals surface area contributed by atoms with Crippen molar-refractivity contribution in [1.29, 1.82) is 0 Å². The number of carbonyl (C=O) groups is 2. The molecule has 0 aromatic heterocycles. The molecule has 1 saturated heterocycles. The zero-order valence-electron chi connectivity index (χ0n) is 15.2. The van der Waals surface area contributed by atoms with Gasteiger partial charge in [-0.2, -0.15) is 0 Å². The molecule has 0 bridgehead atoms. The lowest BCUT2D eigenvalue weighted by molar-refractivity contribution is -0.172. The van der Waals surface area contributed by atoms with E-state index in [0.717, 1.165) is 5.57 Å². The van der Waals surface area contributed by atoms with Gasteiger partial charge in [0.15, 0.2) is 0 Å². The molecule has 3 aliphatic rings. The number of hydrogen-bond acceptors (Lipinski definition) is 5. The second-order valence-electron chi connectivity index (χ2n) is 7.72. The molecule has 0 amide bonds. The third kappa shape index (κ3) is 2.65.